The molecule has 1 spiro atoms. The molecule has 1 aliphatic carbocycles. The van der Waals surface area contributed by atoms with Crippen LogP contribution in [-0.2, 0) is 9.47 Å². The predicted octanol–water partition coefficient (Wildman–Crippen LogP) is 1.37. The van der Waals surface area contributed by atoms with E-state index in [1.165, 1.54) is 12.8 Å². The topological polar surface area (TPSA) is 18.5 Å². The van der Waals surface area contributed by atoms with E-state index >= 15 is 0 Å². The third-order valence-corrected chi connectivity index (χ3v) is 3.12. The van der Waals surface area contributed by atoms with Crippen LogP contribution in [-0.4, -0.2) is 29.3 Å². The van der Waals surface area contributed by atoms with Crippen LogP contribution in [0.1, 0.15) is 12.8 Å². The second kappa shape index (κ2) is 2.60. The minimum Gasteiger partial charge on any atom is -0.372 e. The number of hydrogen-bond donors (Lipinski definition) is 0. The van der Waals surface area contributed by atoms with Gasteiger partial charge in [0.1, 0.15) is 0 Å². The minimum atomic E-state index is 0.183. The van der Waals surface area contributed by atoms with E-state index in [1.807, 2.05) is 0 Å². The molecule has 0 aromatic rings. The number of ether oxygens (including phenoxy) is 2. The fourth-order valence-corrected chi connectivity index (χ4v) is 1.65. The van der Waals surface area contributed by atoms with E-state index < -0.39 is 0 Å². The van der Waals surface area contributed by atoms with Gasteiger partial charge in [-0.05, 0) is 12.8 Å². The molecule has 0 aromatic carbocycles. The highest BCUT2D eigenvalue weighted by Crippen LogP contribution is 2.42. The van der Waals surface area contributed by atoms with Crippen LogP contribution in [0.4, 0.5) is 0 Å². The number of halogens is 1. The predicted molar refractivity (Wildman–Crippen MR) is 46.5 cm³/mol. The van der Waals surface area contributed by atoms with Gasteiger partial charge in [0.2, 0.25) is 0 Å². The van der Waals surface area contributed by atoms with Crippen molar-refractivity contribution < 1.29 is 9.47 Å². The molecular weight excluding hydrogens is 243 g/mol. The molecular formula is C7H11IO2. The van der Waals surface area contributed by atoms with Crippen molar-refractivity contribution in [2.24, 2.45) is 0 Å². The van der Waals surface area contributed by atoms with Crippen molar-refractivity contribution in [1.82, 2.24) is 0 Å². The maximum Gasteiger partial charge on any atom is 0.0918 e. The zero-order chi connectivity index (χ0) is 7.03. The van der Waals surface area contributed by atoms with Crippen molar-refractivity contribution in [3.63, 3.8) is 0 Å². The first-order chi connectivity index (χ1) is 4.85. The molecule has 2 nitrogen and oxygen atoms in total. The molecule has 1 saturated carbocycles. The largest absolute Gasteiger partial charge is 0.372 e. The van der Waals surface area contributed by atoms with Gasteiger partial charge in [0.25, 0.3) is 0 Å². The third-order valence-electron chi connectivity index (χ3n) is 2.14. The molecule has 1 unspecified atom stereocenters. The number of alkyl halides is 1. The molecule has 2 aliphatic rings. The molecule has 10 heavy (non-hydrogen) atoms. The Balaban J connectivity index is 1.84. The van der Waals surface area contributed by atoms with Crippen LogP contribution in [0.5, 0.6) is 0 Å². The smallest absolute Gasteiger partial charge is 0.0918 e. The van der Waals surface area contributed by atoms with Crippen LogP contribution in [0.15, 0.2) is 0 Å². The van der Waals surface area contributed by atoms with Crippen LogP contribution in [0, 0.1) is 0 Å². The van der Waals surface area contributed by atoms with E-state index in [9.17, 15) is 0 Å². The average Bonchev–Trinajstić information content (AvgIpc) is 2.72. The lowest BCUT2D eigenvalue weighted by atomic mass is 10.3. The molecule has 0 N–H and O–H groups in total. The zero-order valence-corrected chi connectivity index (χ0v) is 7.96. The number of rotatable bonds is 1. The van der Waals surface area contributed by atoms with Crippen LogP contribution in [0.25, 0.3) is 0 Å². The lowest BCUT2D eigenvalue weighted by Crippen LogP contribution is -2.37. The fourth-order valence-electron chi connectivity index (χ4n) is 1.15. The summed E-state index contributed by atoms with van der Waals surface area (Å²) >= 11 is 2.33. The monoisotopic (exact) mass is 254 g/mol. The zero-order valence-electron chi connectivity index (χ0n) is 5.81. The van der Waals surface area contributed by atoms with Crippen molar-refractivity contribution in [3.8, 4) is 0 Å². The summed E-state index contributed by atoms with van der Waals surface area (Å²) in [6, 6.07) is 0. The standard InChI is InChI=1S/C7H11IO2/c8-3-6-4-10-7(1-2-7)5-9-6/h6H,1-5H2. The van der Waals surface area contributed by atoms with Crippen molar-refractivity contribution in [1.29, 1.82) is 0 Å². The summed E-state index contributed by atoms with van der Waals surface area (Å²) in [5.74, 6) is 0. The number of hydrogen-bond acceptors (Lipinski definition) is 2. The highest BCUT2D eigenvalue weighted by Gasteiger charge is 2.47. The normalized spacial score (nSPS) is 36.3. The third kappa shape index (κ3) is 1.31. The van der Waals surface area contributed by atoms with Crippen molar-refractivity contribution in [2.45, 2.75) is 24.5 Å². The highest BCUT2D eigenvalue weighted by molar-refractivity contribution is 14.1. The summed E-state index contributed by atoms with van der Waals surface area (Å²) in [5, 5.41) is 0. The van der Waals surface area contributed by atoms with Crippen molar-refractivity contribution in [2.75, 3.05) is 17.6 Å². The Hall–Kier alpha value is 0.650. The van der Waals surface area contributed by atoms with Gasteiger partial charge < -0.3 is 9.47 Å². The summed E-state index contributed by atoms with van der Waals surface area (Å²) in [5.41, 5.74) is 0.183. The summed E-state index contributed by atoms with van der Waals surface area (Å²) in [4.78, 5) is 0. The molecule has 1 heterocycles. The first-order valence-electron chi connectivity index (χ1n) is 3.66. The van der Waals surface area contributed by atoms with Crippen LogP contribution in [0.2, 0.25) is 0 Å². The van der Waals surface area contributed by atoms with Crippen molar-refractivity contribution >= 4 is 22.6 Å². The Morgan fingerprint density at radius 3 is 2.70 bits per heavy atom. The van der Waals surface area contributed by atoms with E-state index in [0.717, 1.165) is 17.6 Å². The molecule has 2 rings (SSSR count). The fraction of sp³-hybridized carbons (Fsp3) is 1.00. The first kappa shape index (κ1) is 7.31. The lowest BCUT2D eigenvalue weighted by Gasteiger charge is -2.28. The lowest BCUT2D eigenvalue weighted by molar-refractivity contribution is -0.137. The Bertz CT molecular complexity index is 124. The van der Waals surface area contributed by atoms with Crippen LogP contribution < -0.4 is 0 Å². The summed E-state index contributed by atoms with van der Waals surface area (Å²) < 4.78 is 12.3. The molecule has 1 aliphatic heterocycles. The molecule has 0 radical (unpaired) electrons. The molecule has 58 valence electrons. The van der Waals surface area contributed by atoms with Gasteiger partial charge in [-0.15, -0.1) is 0 Å². The summed E-state index contributed by atoms with van der Waals surface area (Å²) in [6.45, 7) is 1.64. The Morgan fingerprint density at radius 2 is 2.30 bits per heavy atom. The Morgan fingerprint density at radius 1 is 1.50 bits per heavy atom. The molecule has 0 amide bonds. The minimum absolute atomic E-state index is 0.183. The van der Waals surface area contributed by atoms with Crippen LogP contribution in [0.3, 0.4) is 0 Å². The van der Waals surface area contributed by atoms with Gasteiger partial charge in [-0.1, -0.05) is 22.6 Å². The highest BCUT2D eigenvalue weighted by atomic mass is 127. The van der Waals surface area contributed by atoms with E-state index in [0.29, 0.717) is 6.10 Å². The van der Waals surface area contributed by atoms with Gasteiger partial charge in [0.15, 0.2) is 0 Å². The molecule has 1 saturated heterocycles. The summed E-state index contributed by atoms with van der Waals surface area (Å²) in [6.07, 6.45) is 2.77. The van der Waals surface area contributed by atoms with E-state index in [2.05, 4.69) is 22.6 Å². The van der Waals surface area contributed by atoms with Gasteiger partial charge in [0, 0.05) is 4.43 Å². The Kier molecular flexibility index (Phi) is 1.90. The second-order valence-electron chi connectivity index (χ2n) is 3.08. The van der Waals surface area contributed by atoms with E-state index in [4.69, 9.17) is 9.47 Å². The van der Waals surface area contributed by atoms with Gasteiger partial charge in [-0.3, -0.25) is 0 Å². The van der Waals surface area contributed by atoms with Crippen molar-refractivity contribution in [3.05, 3.63) is 0 Å². The van der Waals surface area contributed by atoms with Gasteiger partial charge in [-0.25, -0.2) is 0 Å². The SMILES string of the molecule is ICC1COC2(CC2)CO1. The Labute approximate surface area is 74.4 Å². The van der Waals surface area contributed by atoms with Gasteiger partial charge >= 0.3 is 0 Å². The molecule has 2 fully saturated rings. The van der Waals surface area contributed by atoms with Gasteiger partial charge in [-0.2, -0.15) is 0 Å². The molecule has 0 bridgehead atoms. The first-order valence-corrected chi connectivity index (χ1v) is 5.19. The molecule has 3 heteroatoms. The van der Waals surface area contributed by atoms with Crippen LogP contribution >= 0.6 is 22.6 Å². The second-order valence-corrected chi connectivity index (χ2v) is 3.96. The quantitative estimate of drug-likeness (QED) is 0.519. The maximum absolute atomic E-state index is 5.65. The molecule has 0 aromatic heterocycles. The maximum atomic E-state index is 5.65. The van der Waals surface area contributed by atoms with E-state index in [1.54, 1.807) is 0 Å². The average molecular weight is 254 g/mol. The molecule has 1 atom stereocenters. The van der Waals surface area contributed by atoms with Gasteiger partial charge in [0.05, 0.1) is 24.9 Å². The summed E-state index contributed by atoms with van der Waals surface area (Å²) in [7, 11) is 0. The van der Waals surface area contributed by atoms with E-state index in [-0.39, 0.29) is 5.60 Å².